The van der Waals surface area contributed by atoms with Crippen LogP contribution in [0.15, 0.2) is 54.6 Å². The van der Waals surface area contributed by atoms with Gasteiger partial charge in [0.05, 0.1) is 22.5 Å². The Morgan fingerprint density at radius 1 is 1.13 bits per heavy atom. The number of piperidine rings is 1. The Balaban J connectivity index is 1.70. The fraction of sp³-hybridized carbons (Fsp3) is 0.273. The number of aliphatic hydroxyl groups excluding tert-OH is 1. The van der Waals surface area contributed by atoms with Gasteiger partial charge in [-0.1, -0.05) is 35.9 Å². The second-order valence-corrected chi connectivity index (χ2v) is 7.81. The zero-order chi connectivity index (χ0) is 22.2. The first-order valence-corrected chi connectivity index (χ1v) is 10.1. The van der Waals surface area contributed by atoms with E-state index in [2.05, 4.69) is 5.10 Å². The number of amides is 1. The summed E-state index contributed by atoms with van der Waals surface area (Å²) in [5.41, 5.74) is 0.339. The van der Waals surface area contributed by atoms with Crippen LogP contribution in [0.2, 0.25) is 5.02 Å². The molecule has 1 aliphatic heterocycles. The van der Waals surface area contributed by atoms with Crippen molar-refractivity contribution in [3.8, 4) is 16.9 Å². The number of aromatic nitrogens is 2. The van der Waals surface area contributed by atoms with Crippen molar-refractivity contribution in [3.05, 3.63) is 70.9 Å². The first-order valence-electron chi connectivity index (χ1n) is 9.74. The van der Waals surface area contributed by atoms with Crippen LogP contribution in [0, 0.1) is 0 Å². The van der Waals surface area contributed by atoms with Gasteiger partial charge < -0.3 is 10.0 Å². The van der Waals surface area contributed by atoms with Crippen molar-refractivity contribution >= 4 is 17.5 Å². The van der Waals surface area contributed by atoms with Crippen LogP contribution < -0.4 is 0 Å². The van der Waals surface area contributed by atoms with E-state index in [1.54, 1.807) is 53.4 Å². The number of benzene rings is 2. The lowest BCUT2D eigenvalue weighted by Gasteiger charge is -2.30. The van der Waals surface area contributed by atoms with E-state index in [0.717, 1.165) is 17.2 Å². The lowest BCUT2D eigenvalue weighted by Crippen LogP contribution is -2.42. The summed E-state index contributed by atoms with van der Waals surface area (Å²) in [4.78, 5) is 14.3. The minimum absolute atomic E-state index is 0.202. The Hall–Kier alpha value is -2.84. The minimum atomic E-state index is -4.62. The standard InChI is InChI=1S/C22H19ClF3N3O2/c23-17-5-1-2-6-18(17)29-19(12-20(27-29)22(24,25)26)14-7-9-15(10-8-14)21(31)28-11-3-4-16(30)13-28/h1-2,5-10,12,16,30H,3-4,11,13H2. The van der Waals surface area contributed by atoms with E-state index in [9.17, 15) is 23.1 Å². The van der Waals surface area contributed by atoms with Gasteiger partial charge in [0, 0.05) is 24.2 Å². The number of aliphatic hydroxyl groups is 1. The molecule has 1 aliphatic rings. The van der Waals surface area contributed by atoms with Gasteiger partial charge in [-0.2, -0.15) is 18.3 Å². The molecular formula is C22H19ClF3N3O2. The second kappa shape index (κ2) is 8.36. The zero-order valence-electron chi connectivity index (χ0n) is 16.3. The number of rotatable bonds is 3. The molecule has 1 aromatic heterocycles. The molecule has 2 heterocycles. The fourth-order valence-corrected chi connectivity index (χ4v) is 3.85. The van der Waals surface area contributed by atoms with Gasteiger partial charge in [-0.25, -0.2) is 4.68 Å². The number of carbonyl (C=O) groups excluding carboxylic acids is 1. The van der Waals surface area contributed by atoms with Gasteiger partial charge in [0.15, 0.2) is 5.69 Å². The average Bonchev–Trinajstić information content (AvgIpc) is 3.19. The van der Waals surface area contributed by atoms with Crippen molar-refractivity contribution in [3.63, 3.8) is 0 Å². The molecule has 1 fully saturated rings. The number of β-amino-alcohol motifs (C(OH)–C–C–N with tert-alkyl or cyclic N) is 1. The first-order chi connectivity index (χ1) is 14.7. The number of alkyl halides is 3. The van der Waals surface area contributed by atoms with Crippen molar-refractivity contribution in [1.29, 1.82) is 0 Å². The van der Waals surface area contributed by atoms with Crippen LogP contribution in [-0.2, 0) is 6.18 Å². The zero-order valence-corrected chi connectivity index (χ0v) is 17.1. The summed E-state index contributed by atoms with van der Waals surface area (Å²) in [6, 6.07) is 13.7. The normalized spacial score (nSPS) is 17.1. The number of hydrogen-bond donors (Lipinski definition) is 1. The maximum Gasteiger partial charge on any atom is 0.435 e. The molecule has 1 N–H and O–H groups in total. The minimum Gasteiger partial charge on any atom is -0.391 e. The Bertz CT molecular complexity index is 1100. The summed E-state index contributed by atoms with van der Waals surface area (Å²) in [7, 11) is 0. The smallest absolute Gasteiger partial charge is 0.391 e. The maximum absolute atomic E-state index is 13.3. The molecule has 0 spiro atoms. The number of para-hydroxylation sites is 1. The van der Waals surface area contributed by atoms with E-state index in [1.807, 2.05) is 0 Å². The van der Waals surface area contributed by atoms with E-state index in [1.165, 1.54) is 0 Å². The fourth-order valence-electron chi connectivity index (χ4n) is 3.64. The lowest BCUT2D eigenvalue weighted by atomic mass is 10.0. The first kappa shape index (κ1) is 21.4. The molecule has 0 bridgehead atoms. The van der Waals surface area contributed by atoms with Crippen LogP contribution in [-0.4, -0.2) is 44.9 Å². The molecule has 162 valence electrons. The van der Waals surface area contributed by atoms with E-state index in [4.69, 9.17) is 11.6 Å². The third-order valence-corrected chi connectivity index (χ3v) is 5.51. The van der Waals surface area contributed by atoms with Crippen LogP contribution in [0.25, 0.3) is 16.9 Å². The molecule has 1 amide bonds. The van der Waals surface area contributed by atoms with Crippen molar-refractivity contribution in [2.75, 3.05) is 13.1 Å². The summed E-state index contributed by atoms with van der Waals surface area (Å²) in [6.07, 6.45) is -3.77. The van der Waals surface area contributed by atoms with Crippen molar-refractivity contribution in [2.45, 2.75) is 25.1 Å². The predicted octanol–water partition coefficient (Wildman–Crippen LogP) is 4.81. The maximum atomic E-state index is 13.3. The van der Waals surface area contributed by atoms with Gasteiger partial charge in [-0.3, -0.25) is 4.79 Å². The highest BCUT2D eigenvalue weighted by molar-refractivity contribution is 6.32. The largest absolute Gasteiger partial charge is 0.435 e. The van der Waals surface area contributed by atoms with Crippen molar-refractivity contribution < 1.29 is 23.1 Å². The van der Waals surface area contributed by atoms with E-state index < -0.39 is 18.0 Å². The molecule has 0 aliphatic carbocycles. The molecule has 1 unspecified atom stereocenters. The van der Waals surface area contributed by atoms with E-state index in [0.29, 0.717) is 29.8 Å². The van der Waals surface area contributed by atoms with Crippen LogP contribution in [0.1, 0.15) is 28.9 Å². The van der Waals surface area contributed by atoms with Crippen LogP contribution in [0.5, 0.6) is 0 Å². The highest BCUT2D eigenvalue weighted by Crippen LogP contribution is 2.34. The summed E-state index contributed by atoms with van der Waals surface area (Å²) in [6.45, 7) is 0.834. The molecule has 3 aromatic rings. The molecule has 5 nitrogen and oxygen atoms in total. The van der Waals surface area contributed by atoms with Crippen LogP contribution in [0.3, 0.4) is 0 Å². The third kappa shape index (κ3) is 4.45. The Morgan fingerprint density at radius 3 is 2.48 bits per heavy atom. The van der Waals surface area contributed by atoms with Crippen LogP contribution in [0.4, 0.5) is 13.2 Å². The number of hydrogen-bond acceptors (Lipinski definition) is 3. The van der Waals surface area contributed by atoms with Gasteiger partial charge >= 0.3 is 6.18 Å². The summed E-state index contributed by atoms with van der Waals surface area (Å²) >= 11 is 6.19. The number of likely N-dealkylation sites (tertiary alicyclic amines) is 1. The molecule has 4 rings (SSSR count). The molecule has 9 heteroatoms. The molecule has 0 saturated carbocycles. The Morgan fingerprint density at radius 2 is 1.84 bits per heavy atom. The highest BCUT2D eigenvalue weighted by atomic mass is 35.5. The van der Waals surface area contributed by atoms with Crippen molar-refractivity contribution in [1.82, 2.24) is 14.7 Å². The van der Waals surface area contributed by atoms with Gasteiger partial charge in [0.1, 0.15) is 0 Å². The monoisotopic (exact) mass is 449 g/mol. The van der Waals surface area contributed by atoms with Crippen molar-refractivity contribution in [2.24, 2.45) is 0 Å². The second-order valence-electron chi connectivity index (χ2n) is 7.40. The van der Waals surface area contributed by atoms with Gasteiger partial charge in [0.2, 0.25) is 0 Å². The topological polar surface area (TPSA) is 58.4 Å². The molecule has 1 saturated heterocycles. The SMILES string of the molecule is O=C(c1ccc(-c2cc(C(F)(F)F)nn2-c2ccccc2Cl)cc1)N1CCCC(O)C1. The molecule has 31 heavy (non-hydrogen) atoms. The van der Waals surface area contributed by atoms with Gasteiger partial charge in [-0.05, 0) is 43.2 Å². The van der Waals surface area contributed by atoms with Gasteiger partial charge in [0.25, 0.3) is 5.91 Å². The lowest BCUT2D eigenvalue weighted by molar-refractivity contribution is -0.141. The number of halogens is 4. The predicted molar refractivity (Wildman–Crippen MR) is 110 cm³/mol. The number of carbonyl (C=O) groups is 1. The van der Waals surface area contributed by atoms with E-state index >= 15 is 0 Å². The molecule has 2 aromatic carbocycles. The molecule has 1 atom stereocenters. The van der Waals surface area contributed by atoms with Gasteiger partial charge in [-0.15, -0.1) is 0 Å². The Labute approximate surface area is 181 Å². The quantitative estimate of drug-likeness (QED) is 0.624. The highest BCUT2D eigenvalue weighted by Gasteiger charge is 2.35. The average molecular weight is 450 g/mol. The van der Waals surface area contributed by atoms with E-state index in [-0.39, 0.29) is 23.2 Å². The third-order valence-electron chi connectivity index (χ3n) is 5.19. The summed E-state index contributed by atoms with van der Waals surface area (Å²) in [5.74, 6) is -0.221. The number of nitrogens with zero attached hydrogens (tertiary/aromatic N) is 3. The summed E-state index contributed by atoms with van der Waals surface area (Å²) < 4.78 is 41.2. The summed E-state index contributed by atoms with van der Waals surface area (Å²) in [5, 5.41) is 13.8. The molecule has 0 radical (unpaired) electrons. The van der Waals surface area contributed by atoms with Crippen LogP contribution >= 0.6 is 11.6 Å². The Kier molecular flexibility index (Phi) is 5.77. The molecular weight excluding hydrogens is 431 g/mol.